The highest BCUT2D eigenvalue weighted by atomic mass is 32.3. The van der Waals surface area contributed by atoms with Gasteiger partial charge in [-0.25, -0.2) is 21.6 Å². The van der Waals surface area contributed by atoms with Gasteiger partial charge >= 0.3 is 5.97 Å². The highest BCUT2D eigenvalue weighted by Crippen LogP contribution is 2.32. The van der Waals surface area contributed by atoms with Crippen LogP contribution >= 0.6 is 0 Å². The Hall–Kier alpha value is -1.61. The number of benzene rings is 1. The van der Waals surface area contributed by atoms with E-state index in [2.05, 4.69) is 0 Å². The van der Waals surface area contributed by atoms with Crippen LogP contribution in [0.25, 0.3) is 0 Å². The van der Waals surface area contributed by atoms with Crippen LogP contribution in [0.3, 0.4) is 0 Å². The van der Waals surface area contributed by atoms with Crippen molar-refractivity contribution in [1.82, 2.24) is 0 Å². The molecule has 0 saturated heterocycles. The SMILES string of the molecule is CS(=O)(=O)CS(=O)(=O)N1CCCc2c(C(=O)O)cccc21. The molecule has 1 aliphatic rings. The Labute approximate surface area is 123 Å². The number of carboxylic acid groups (broad SMARTS) is 1. The molecule has 9 heteroatoms. The smallest absolute Gasteiger partial charge is 0.336 e. The standard InChI is InChI=1S/C12H15NO6S2/c1-20(16,17)8-21(18,19)13-7-3-5-9-10(12(14)15)4-2-6-11(9)13/h2,4,6H,3,5,7-8H2,1H3,(H,14,15). The summed E-state index contributed by atoms with van der Waals surface area (Å²) < 4.78 is 48.0. The number of rotatable bonds is 4. The van der Waals surface area contributed by atoms with Crippen LogP contribution in [0.5, 0.6) is 0 Å². The van der Waals surface area contributed by atoms with Crippen molar-refractivity contribution in [2.24, 2.45) is 0 Å². The average Bonchev–Trinajstić information content (AvgIpc) is 2.34. The Balaban J connectivity index is 2.53. The van der Waals surface area contributed by atoms with Crippen molar-refractivity contribution in [1.29, 1.82) is 0 Å². The van der Waals surface area contributed by atoms with Crippen LogP contribution in [0, 0.1) is 0 Å². The Bertz CT molecular complexity index is 782. The van der Waals surface area contributed by atoms with Crippen LogP contribution in [0.15, 0.2) is 18.2 Å². The van der Waals surface area contributed by atoms with Crippen molar-refractivity contribution in [2.45, 2.75) is 12.8 Å². The molecule has 1 aromatic rings. The van der Waals surface area contributed by atoms with E-state index in [1.807, 2.05) is 0 Å². The van der Waals surface area contributed by atoms with Gasteiger partial charge in [0.15, 0.2) is 14.9 Å². The van der Waals surface area contributed by atoms with Gasteiger partial charge in [-0.2, -0.15) is 0 Å². The summed E-state index contributed by atoms with van der Waals surface area (Å²) in [7, 11) is -7.75. The first kappa shape index (κ1) is 15.8. The van der Waals surface area contributed by atoms with E-state index < -0.39 is 30.9 Å². The van der Waals surface area contributed by atoms with Gasteiger partial charge in [0.1, 0.15) is 0 Å². The van der Waals surface area contributed by atoms with E-state index in [9.17, 15) is 21.6 Å². The molecule has 0 aromatic heterocycles. The molecule has 1 N–H and O–H groups in total. The van der Waals surface area contributed by atoms with E-state index in [0.717, 1.165) is 10.6 Å². The van der Waals surface area contributed by atoms with Gasteiger partial charge in [0.25, 0.3) is 0 Å². The number of sulfone groups is 1. The number of nitrogens with zero attached hydrogens (tertiary/aromatic N) is 1. The van der Waals surface area contributed by atoms with Crippen LogP contribution in [-0.4, -0.2) is 45.8 Å². The highest BCUT2D eigenvalue weighted by Gasteiger charge is 2.32. The molecule has 0 atom stereocenters. The van der Waals surface area contributed by atoms with E-state index in [0.29, 0.717) is 18.4 Å². The predicted molar refractivity (Wildman–Crippen MR) is 77.7 cm³/mol. The number of fused-ring (bicyclic) bond motifs is 1. The Morgan fingerprint density at radius 2 is 1.95 bits per heavy atom. The summed E-state index contributed by atoms with van der Waals surface area (Å²) in [6.45, 7) is 0.147. The van der Waals surface area contributed by atoms with Crippen molar-refractivity contribution >= 4 is 31.5 Å². The number of carboxylic acids is 1. The molecule has 0 fully saturated rings. The average molecular weight is 333 g/mol. The maximum atomic E-state index is 12.2. The third kappa shape index (κ3) is 3.35. The van der Waals surface area contributed by atoms with E-state index in [-0.39, 0.29) is 17.8 Å². The monoisotopic (exact) mass is 333 g/mol. The van der Waals surface area contributed by atoms with Gasteiger partial charge in [0.05, 0.1) is 11.3 Å². The maximum absolute atomic E-state index is 12.2. The molecule has 0 aliphatic carbocycles. The fourth-order valence-electron chi connectivity index (χ4n) is 2.41. The lowest BCUT2D eigenvalue weighted by Crippen LogP contribution is -2.39. The highest BCUT2D eigenvalue weighted by molar-refractivity contribution is 8.08. The first-order valence-electron chi connectivity index (χ1n) is 6.15. The third-order valence-electron chi connectivity index (χ3n) is 3.14. The zero-order chi connectivity index (χ0) is 15.8. The van der Waals surface area contributed by atoms with E-state index in [1.54, 1.807) is 0 Å². The van der Waals surface area contributed by atoms with Crippen molar-refractivity contribution in [3.05, 3.63) is 29.3 Å². The number of carbonyl (C=O) groups is 1. The molecular weight excluding hydrogens is 318 g/mol. The lowest BCUT2D eigenvalue weighted by Gasteiger charge is -2.30. The van der Waals surface area contributed by atoms with E-state index >= 15 is 0 Å². The molecule has 7 nitrogen and oxygen atoms in total. The van der Waals surface area contributed by atoms with Gasteiger partial charge < -0.3 is 5.11 Å². The molecule has 0 saturated carbocycles. The molecule has 0 unspecified atom stereocenters. The third-order valence-corrected chi connectivity index (χ3v) is 7.09. The largest absolute Gasteiger partial charge is 0.478 e. The zero-order valence-electron chi connectivity index (χ0n) is 11.3. The topological polar surface area (TPSA) is 109 Å². The summed E-state index contributed by atoms with van der Waals surface area (Å²) in [5.41, 5.74) is 0.727. The fraction of sp³-hybridized carbons (Fsp3) is 0.417. The lowest BCUT2D eigenvalue weighted by molar-refractivity contribution is 0.0695. The molecule has 0 bridgehead atoms. The number of hydrogen-bond acceptors (Lipinski definition) is 5. The van der Waals surface area contributed by atoms with Crippen molar-refractivity contribution in [3.8, 4) is 0 Å². The molecule has 1 aliphatic heterocycles. The zero-order valence-corrected chi connectivity index (χ0v) is 12.9. The van der Waals surface area contributed by atoms with Gasteiger partial charge in [0.2, 0.25) is 10.0 Å². The van der Waals surface area contributed by atoms with Gasteiger partial charge in [0, 0.05) is 12.8 Å². The number of anilines is 1. The summed E-state index contributed by atoms with van der Waals surface area (Å²) in [6, 6.07) is 4.37. The van der Waals surface area contributed by atoms with Crippen LogP contribution in [0.1, 0.15) is 22.3 Å². The van der Waals surface area contributed by atoms with Crippen molar-refractivity contribution < 1.29 is 26.7 Å². The number of aromatic carboxylic acids is 1. The molecular formula is C12H15NO6S2. The first-order valence-corrected chi connectivity index (χ1v) is 9.82. The summed E-state index contributed by atoms with van der Waals surface area (Å²) in [5.74, 6) is -1.13. The quantitative estimate of drug-likeness (QED) is 0.858. The lowest BCUT2D eigenvalue weighted by atomic mass is 9.98. The molecule has 1 heterocycles. The van der Waals surface area contributed by atoms with Crippen LogP contribution in [-0.2, 0) is 26.3 Å². The summed E-state index contributed by atoms with van der Waals surface area (Å²) >= 11 is 0. The van der Waals surface area contributed by atoms with Gasteiger partial charge in [-0.1, -0.05) is 6.07 Å². The molecule has 0 radical (unpaired) electrons. The minimum absolute atomic E-state index is 0.0479. The number of hydrogen-bond donors (Lipinski definition) is 1. The van der Waals surface area contributed by atoms with Gasteiger partial charge in [-0.3, -0.25) is 4.31 Å². The first-order chi connectivity index (χ1) is 9.62. The fourth-order valence-corrected chi connectivity index (χ4v) is 5.97. The minimum Gasteiger partial charge on any atom is -0.478 e. The van der Waals surface area contributed by atoms with Crippen LogP contribution in [0.4, 0.5) is 5.69 Å². The second-order valence-corrected chi connectivity index (χ2v) is 9.34. The van der Waals surface area contributed by atoms with E-state index in [4.69, 9.17) is 5.11 Å². The van der Waals surface area contributed by atoms with Crippen LogP contribution in [0.2, 0.25) is 0 Å². The molecule has 0 amide bonds. The summed E-state index contributed by atoms with van der Waals surface area (Å²) in [6.07, 6.45) is 1.74. The molecule has 1 aromatic carbocycles. The predicted octanol–water partition coefficient (Wildman–Crippen LogP) is 0.469. The molecule has 0 spiro atoms. The molecule has 21 heavy (non-hydrogen) atoms. The van der Waals surface area contributed by atoms with Gasteiger partial charge in [-0.15, -0.1) is 0 Å². The number of sulfonamides is 1. The second-order valence-electron chi connectivity index (χ2n) is 4.94. The Kier molecular flexibility index (Phi) is 3.98. The van der Waals surface area contributed by atoms with Crippen molar-refractivity contribution in [2.75, 3.05) is 22.2 Å². The molecule has 116 valence electrons. The van der Waals surface area contributed by atoms with E-state index in [1.165, 1.54) is 18.2 Å². The Morgan fingerprint density at radius 1 is 1.29 bits per heavy atom. The maximum Gasteiger partial charge on any atom is 0.336 e. The summed E-state index contributed by atoms with van der Waals surface area (Å²) in [5, 5.41) is 8.16. The summed E-state index contributed by atoms with van der Waals surface area (Å²) in [4.78, 5) is 11.2. The van der Waals surface area contributed by atoms with Crippen LogP contribution < -0.4 is 4.31 Å². The van der Waals surface area contributed by atoms with Crippen molar-refractivity contribution in [3.63, 3.8) is 0 Å². The Morgan fingerprint density at radius 3 is 2.52 bits per heavy atom. The normalized spacial score (nSPS) is 15.6. The minimum atomic E-state index is -4.04. The molecule has 2 rings (SSSR count). The van der Waals surface area contributed by atoms with Gasteiger partial charge in [-0.05, 0) is 30.5 Å². The second kappa shape index (κ2) is 5.30.